The van der Waals surface area contributed by atoms with E-state index in [1.807, 2.05) is 48.8 Å². The second-order valence-electron chi connectivity index (χ2n) is 6.99. The summed E-state index contributed by atoms with van der Waals surface area (Å²) in [6.45, 7) is 0.524. The minimum absolute atomic E-state index is 0.318. The van der Waals surface area contributed by atoms with E-state index in [4.69, 9.17) is 14.6 Å². The monoisotopic (exact) mass is 402 g/mol. The van der Waals surface area contributed by atoms with Crippen molar-refractivity contribution in [2.24, 2.45) is 0 Å². The van der Waals surface area contributed by atoms with Crippen LogP contribution in [-0.4, -0.2) is 40.9 Å². The van der Waals surface area contributed by atoms with Gasteiger partial charge in [-0.1, -0.05) is 24.3 Å². The van der Waals surface area contributed by atoms with Crippen LogP contribution in [0, 0.1) is 0 Å². The van der Waals surface area contributed by atoms with E-state index in [2.05, 4.69) is 22.1 Å². The Balaban J connectivity index is 1.38. The molecule has 2 heterocycles. The topological polar surface area (TPSA) is 81.5 Å². The van der Waals surface area contributed by atoms with Crippen LogP contribution in [0.5, 0.6) is 5.75 Å². The van der Waals surface area contributed by atoms with E-state index in [-0.39, 0.29) is 0 Å². The van der Waals surface area contributed by atoms with Crippen molar-refractivity contribution in [2.45, 2.75) is 18.9 Å². The van der Waals surface area contributed by atoms with Crippen molar-refractivity contribution in [3.63, 3.8) is 0 Å². The summed E-state index contributed by atoms with van der Waals surface area (Å²) in [5.74, 6) is -0.223. The van der Waals surface area contributed by atoms with Crippen molar-refractivity contribution in [3.05, 3.63) is 84.0 Å². The van der Waals surface area contributed by atoms with Crippen LogP contribution < -0.4 is 4.74 Å². The lowest BCUT2D eigenvalue weighted by atomic mass is 10.1. The zero-order valence-corrected chi connectivity index (χ0v) is 16.6. The van der Waals surface area contributed by atoms with Gasteiger partial charge in [0.1, 0.15) is 5.75 Å². The van der Waals surface area contributed by atoms with Crippen LogP contribution >= 0.6 is 0 Å². The average Bonchev–Trinajstić information content (AvgIpc) is 3.09. The summed E-state index contributed by atoms with van der Waals surface area (Å²) in [6, 6.07) is 13.5. The van der Waals surface area contributed by atoms with Crippen molar-refractivity contribution in [3.8, 4) is 16.9 Å². The minimum atomic E-state index is -0.967. The lowest BCUT2D eigenvalue weighted by Crippen LogP contribution is -2.24. The number of carboxylic acids is 1. The van der Waals surface area contributed by atoms with Crippen LogP contribution in [-0.2, 0) is 16.0 Å². The minimum Gasteiger partial charge on any atom is -0.493 e. The number of nitrogens with zero attached hydrogens (tertiary/aromatic N) is 2. The van der Waals surface area contributed by atoms with Crippen LogP contribution in [0.15, 0.2) is 67.1 Å². The van der Waals surface area contributed by atoms with Crippen LogP contribution in [0.4, 0.5) is 0 Å². The van der Waals surface area contributed by atoms with E-state index < -0.39 is 12.1 Å². The largest absolute Gasteiger partial charge is 0.493 e. The average molecular weight is 402 g/mol. The first kappa shape index (κ1) is 19.8. The van der Waals surface area contributed by atoms with Gasteiger partial charge >= 0.3 is 5.97 Å². The number of fused-ring (bicyclic) bond motifs is 3. The van der Waals surface area contributed by atoms with Gasteiger partial charge in [0.05, 0.1) is 12.3 Å². The third-order valence-electron chi connectivity index (χ3n) is 5.10. The predicted octanol–water partition coefficient (Wildman–Crippen LogP) is 4.00. The van der Waals surface area contributed by atoms with E-state index in [0.717, 1.165) is 45.7 Å². The SMILES string of the molecule is COC(Cc1ccc(OCCC=C2c3cnccc3-c3cccnc32)cc1)C(=O)O. The molecule has 1 atom stereocenters. The lowest BCUT2D eigenvalue weighted by Gasteiger charge is -2.11. The third-order valence-corrected chi connectivity index (χ3v) is 5.10. The molecule has 0 fully saturated rings. The molecule has 6 heteroatoms. The Bertz CT molecular complexity index is 1030. The quantitative estimate of drug-likeness (QED) is 0.449. The summed E-state index contributed by atoms with van der Waals surface area (Å²) in [5, 5.41) is 9.08. The summed E-state index contributed by atoms with van der Waals surface area (Å²) >= 11 is 0. The summed E-state index contributed by atoms with van der Waals surface area (Å²) in [5.41, 5.74) is 6.35. The Morgan fingerprint density at radius 3 is 2.70 bits per heavy atom. The number of benzene rings is 1. The lowest BCUT2D eigenvalue weighted by molar-refractivity contribution is -0.148. The molecule has 0 saturated carbocycles. The maximum Gasteiger partial charge on any atom is 0.333 e. The highest BCUT2D eigenvalue weighted by atomic mass is 16.5. The highest BCUT2D eigenvalue weighted by Crippen LogP contribution is 2.42. The molecule has 1 unspecified atom stereocenters. The van der Waals surface area contributed by atoms with E-state index in [1.54, 1.807) is 6.20 Å². The zero-order chi connectivity index (χ0) is 20.9. The van der Waals surface area contributed by atoms with Gasteiger partial charge in [-0.3, -0.25) is 9.97 Å². The van der Waals surface area contributed by atoms with Gasteiger partial charge in [-0.2, -0.15) is 0 Å². The normalized spacial score (nSPS) is 14.2. The molecule has 1 N–H and O–H groups in total. The fourth-order valence-electron chi connectivity index (χ4n) is 3.60. The summed E-state index contributed by atoms with van der Waals surface area (Å²) in [6.07, 6.45) is 7.84. The molecule has 3 aromatic rings. The van der Waals surface area contributed by atoms with E-state index >= 15 is 0 Å². The molecule has 6 nitrogen and oxygen atoms in total. The Kier molecular flexibility index (Phi) is 5.86. The number of methoxy groups -OCH3 is 1. The van der Waals surface area contributed by atoms with Gasteiger partial charge in [0, 0.05) is 55.2 Å². The van der Waals surface area contributed by atoms with E-state index in [0.29, 0.717) is 13.0 Å². The van der Waals surface area contributed by atoms with Crippen molar-refractivity contribution >= 4 is 11.5 Å². The van der Waals surface area contributed by atoms with Gasteiger partial charge in [0.25, 0.3) is 0 Å². The number of ether oxygens (including phenoxy) is 2. The van der Waals surface area contributed by atoms with Gasteiger partial charge in [-0.15, -0.1) is 0 Å². The molecule has 1 aliphatic carbocycles. The maximum atomic E-state index is 11.1. The highest BCUT2D eigenvalue weighted by molar-refractivity contribution is 5.99. The molecule has 2 aromatic heterocycles. The number of carboxylic acid groups (broad SMARTS) is 1. The molecule has 30 heavy (non-hydrogen) atoms. The van der Waals surface area contributed by atoms with Crippen LogP contribution in [0.2, 0.25) is 0 Å². The molecular weight excluding hydrogens is 380 g/mol. The predicted molar refractivity (Wildman–Crippen MR) is 113 cm³/mol. The van der Waals surface area contributed by atoms with Crippen molar-refractivity contribution in [1.82, 2.24) is 9.97 Å². The molecular formula is C24H22N2O4. The molecule has 1 aromatic carbocycles. The molecule has 152 valence electrons. The number of rotatable bonds is 8. The Labute approximate surface area is 174 Å². The first-order valence-electron chi connectivity index (χ1n) is 9.75. The molecule has 0 amide bonds. The summed E-state index contributed by atoms with van der Waals surface area (Å²) in [7, 11) is 1.40. The number of hydrogen-bond donors (Lipinski definition) is 1. The Morgan fingerprint density at radius 1 is 1.10 bits per heavy atom. The van der Waals surface area contributed by atoms with E-state index in [1.165, 1.54) is 7.11 Å². The van der Waals surface area contributed by atoms with Gasteiger partial charge in [0.15, 0.2) is 6.10 Å². The molecule has 0 spiro atoms. The van der Waals surface area contributed by atoms with Crippen molar-refractivity contribution in [2.75, 3.05) is 13.7 Å². The summed E-state index contributed by atoms with van der Waals surface area (Å²) < 4.78 is 10.8. The molecule has 1 aliphatic rings. The molecule has 0 radical (unpaired) electrons. The first-order valence-corrected chi connectivity index (χ1v) is 9.75. The smallest absolute Gasteiger partial charge is 0.333 e. The van der Waals surface area contributed by atoms with Crippen molar-refractivity contribution in [1.29, 1.82) is 0 Å². The van der Waals surface area contributed by atoms with Gasteiger partial charge in [0.2, 0.25) is 0 Å². The standard InChI is InChI=1S/C24H22N2O4/c1-29-22(24(27)28)14-16-6-8-17(9-7-16)30-13-3-5-20-21-15-25-12-10-18(21)19-4-2-11-26-23(19)20/h2,4-12,15,22H,3,13-14H2,1H3,(H,27,28). The fourth-order valence-corrected chi connectivity index (χ4v) is 3.60. The van der Waals surface area contributed by atoms with Crippen LogP contribution in [0.1, 0.15) is 23.2 Å². The molecule has 0 saturated heterocycles. The second kappa shape index (κ2) is 8.88. The number of hydrogen-bond acceptors (Lipinski definition) is 5. The molecule has 0 aliphatic heterocycles. The molecule has 0 bridgehead atoms. The van der Waals surface area contributed by atoms with Crippen LogP contribution in [0.25, 0.3) is 16.7 Å². The number of carbonyl (C=O) groups is 1. The maximum absolute atomic E-state index is 11.1. The number of pyridine rings is 2. The Morgan fingerprint density at radius 2 is 1.93 bits per heavy atom. The number of aliphatic carboxylic acids is 1. The van der Waals surface area contributed by atoms with Gasteiger partial charge < -0.3 is 14.6 Å². The van der Waals surface area contributed by atoms with Gasteiger partial charge in [-0.05, 0) is 35.4 Å². The number of aromatic nitrogens is 2. The van der Waals surface area contributed by atoms with Gasteiger partial charge in [-0.25, -0.2) is 4.79 Å². The van der Waals surface area contributed by atoms with Crippen molar-refractivity contribution < 1.29 is 19.4 Å². The van der Waals surface area contributed by atoms with E-state index in [9.17, 15) is 4.79 Å². The van der Waals surface area contributed by atoms with Crippen LogP contribution in [0.3, 0.4) is 0 Å². The Hall–Kier alpha value is -3.51. The fraction of sp³-hybridized carbons (Fsp3) is 0.208. The zero-order valence-electron chi connectivity index (χ0n) is 16.6. The third kappa shape index (κ3) is 4.09. The second-order valence-corrected chi connectivity index (χ2v) is 6.99. The molecule has 4 rings (SSSR count). The first-order chi connectivity index (χ1) is 14.7. The highest BCUT2D eigenvalue weighted by Gasteiger charge is 2.23. The summed E-state index contributed by atoms with van der Waals surface area (Å²) in [4.78, 5) is 19.9.